The van der Waals surface area contributed by atoms with Gasteiger partial charge in [0.25, 0.3) is 7.37 Å². The first-order valence-electron chi connectivity index (χ1n) is 5.84. The molecule has 3 unspecified atom stereocenters. The fourth-order valence-corrected chi connectivity index (χ4v) is 4.59. The molecule has 88 valence electrons. The molecule has 3 atom stereocenters. The molecule has 1 aliphatic heterocycles. The van der Waals surface area contributed by atoms with Crippen molar-refractivity contribution in [3.8, 4) is 5.75 Å². The zero-order valence-corrected chi connectivity index (χ0v) is 10.9. The van der Waals surface area contributed by atoms with Crippen LogP contribution in [0.5, 0.6) is 5.75 Å². The van der Waals surface area contributed by atoms with Crippen LogP contribution in [0.25, 0.3) is 0 Å². The Hall–Kier alpha value is -1.27. The number of rotatable bonds is 0. The molecule has 0 fully saturated rings. The van der Waals surface area contributed by atoms with Gasteiger partial charge in [0.2, 0.25) is 0 Å². The third kappa shape index (κ3) is 1.59. The number of benzene rings is 1. The molecule has 2 aliphatic rings. The summed E-state index contributed by atoms with van der Waals surface area (Å²) in [5.74, 6) is 1.36. The van der Waals surface area contributed by atoms with Crippen molar-refractivity contribution in [1.29, 1.82) is 0 Å². The van der Waals surface area contributed by atoms with Crippen LogP contribution in [-0.4, -0.2) is 6.66 Å². The molecule has 0 amide bonds. The summed E-state index contributed by atoms with van der Waals surface area (Å²) >= 11 is 0. The first kappa shape index (κ1) is 10.9. The minimum atomic E-state index is -2.68. The Morgan fingerprint density at radius 1 is 1.29 bits per heavy atom. The van der Waals surface area contributed by atoms with E-state index in [0.29, 0.717) is 5.92 Å². The molecule has 1 heterocycles. The lowest BCUT2D eigenvalue weighted by Gasteiger charge is -2.36. The van der Waals surface area contributed by atoms with Gasteiger partial charge in [-0.05, 0) is 12.0 Å². The highest BCUT2D eigenvalue weighted by Gasteiger charge is 2.40. The molecule has 1 aliphatic carbocycles. The Morgan fingerprint density at radius 3 is 2.88 bits per heavy atom. The van der Waals surface area contributed by atoms with Gasteiger partial charge in [-0.15, -0.1) is 0 Å². The van der Waals surface area contributed by atoms with Crippen molar-refractivity contribution in [1.82, 2.24) is 0 Å². The van der Waals surface area contributed by atoms with Crippen molar-refractivity contribution in [2.45, 2.75) is 12.8 Å². The van der Waals surface area contributed by atoms with E-state index in [4.69, 9.17) is 4.52 Å². The van der Waals surface area contributed by atoms with Crippen LogP contribution in [0.4, 0.5) is 0 Å². The summed E-state index contributed by atoms with van der Waals surface area (Å²) in [6.07, 6.45) is 6.11. The molecule has 1 aromatic rings. The van der Waals surface area contributed by atoms with E-state index < -0.39 is 7.37 Å². The van der Waals surface area contributed by atoms with Crippen LogP contribution >= 0.6 is 7.37 Å². The van der Waals surface area contributed by atoms with E-state index in [1.165, 1.54) is 0 Å². The summed E-state index contributed by atoms with van der Waals surface area (Å²) in [5, 5.41) is 0.950. The number of para-hydroxylation sites is 1. The normalized spacial score (nSPS) is 34.4. The van der Waals surface area contributed by atoms with E-state index in [1.807, 2.05) is 30.4 Å². The van der Waals surface area contributed by atoms with Crippen LogP contribution in [-0.2, 0) is 4.57 Å². The van der Waals surface area contributed by atoms with E-state index in [0.717, 1.165) is 16.6 Å². The topological polar surface area (TPSA) is 26.3 Å². The number of fused-ring (bicyclic) bond motifs is 3. The molecule has 0 radical (unpaired) electrons. The number of allylic oxidation sites excluding steroid dienone is 4. The van der Waals surface area contributed by atoms with E-state index in [2.05, 4.69) is 19.1 Å². The first-order valence-corrected chi connectivity index (χ1v) is 7.92. The average molecular weight is 246 g/mol. The third-order valence-corrected chi connectivity index (χ3v) is 5.43. The van der Waals surface area contributed by atoms with Gasteiger partial charge in [-0.2, -0.15) is 0 Å². The van der Waals surface area contributed by atoms with Crippen LogP contribution in [0.1, 0.15) is 18.4 Å². The molecule has 1 aromatic carbocycles. The SMILES string of the molecule is CC1C=CC=C2C1c1ccccc1OP2(C)=O. The summed E-state index contributed by atoms with van der Waals surface area (Å²) in [4.78, 5) is 0. The van der Waals surface area contributed by atoms with Crippen LogP contribution in [0.2, 0.25) is 0 Å². The van der Waals surface area contributed by atoms with Gasteiger partial charge in [0.05, 0.1) is 0 Å². The molecule has 0 saturated heterocycles. The quantitative estimate of drug-likeness (QED) is 0.642. The lowest BCUT2D eigenvalue weighted by atomic mass is 9.83. The lowest BCUT2D eigenvalue weighted by Crippen LogP contribution is -2.19. The van der Waals surface area contributed by atoms with Gasteiger partial charge >= 0.3 is 0 Å². The van der Waals surface area contributed by atoms with Crippen LogP contribution < -0.4 is 4.52 Å². The monoisotopic (exact) mass is 246 g/mol. The second-order valence-electron chi connectivity index (χ2n) is 4.79. The van der Waals surface area contributed by atoms with Gasteiger partial charge in [0.1, 0.15) is 5.75 Å². The van der Waals surface area contributed by atoms with Crippen LogP contribution in [0, 0.1) is 5.92 Å². The Balaban J connectivity index is 2.24. The summed E-state index contributed by atoms with van der Waals surface area (Å²) in [6, 6.07) is 7.92. The molecule has 0 aromatic heterocycles. The zero-order valence-electron chi connectivity index (χ0n) is 9.96. The maximum Gasteiger partial charge on any atom is 0.270 e. The smallest absolute Gasteiger partial charge is 0.270 e. The van der Waals surface area contributed by atoms with Crippen molar-refractivity contribution in [2.75, 3.05) is 6.66 Å². The second-order valence-corrected chi connectivity index (χ2v) is 7.18. The highest BCUT2D eigenvalue weighted by Crippen LogP contribution is 2.64. The minimum absolute atomic E-state index is 0.209. The maximum absolute atomic E-state index is 12.6. The zero-order chi connectivity index (χ0) is 12.0. The molecule has 2 nitrogen and oxygen atoms in total. The van der Waals surface area contributed by atoms with Crippen molar-refractivity contribution in [3.05, 3.63) is 53.4 Å². The summed E-state index contributed by atoms with van der Waals surface area (Å²) in [5.41, 5.74) is 1.16. The molecule has 17 heavy (non-hydrogen) atoms. The van der Waals surface area contributed by atoms with E-state index >= 15 is 0 Å². The molecule has 3 heteroatoms. The Labute approximate surface area is 101 Å². The molecular formula is C14H15O2P. The van der Waals surface area contributed by atoms with E-state index in [-0.39, 0.29) is 5.92 Å². The average Bonchev–Trinajstić information content (AvgIpc) is 2.29. The highest BCUT2D eigenvalue weighted by molar-refractivity contribution is 7.63. The summed E-state index contributed by atoms with van der Waals surface area (Å²) in [6.45, 7) is 3.88. The van der Waals surface area contributed by atoms with E-state index in [1.54, 1.807) is 6.66 Å². The highest BCUT2D eigenvalue weighted by atomic mass is 31.2. The number of hydrogen-bond acceptors (Lipinski definition) is 2. The van der Waals surface area contributed by atoms with Gasteiger partial charge in [-0.25, -0.2) is 0 Å². The Morgan fingerprint density at radius 2 is 2.06 bits per heavy atom. The van der Waals surface area contributed by atoms with Crippen LogP contribution in [0.15, 0.2) is 47.8 Å². The molecule has 0 bridgehead atoms. The number of hydrogen-bond donors (Lipinski definition) is 0. The third-order valence-electron chi connectivity index (χ3n) is 3.52. The minimum Gasteiger partial charge on any atom is -0.440 e. The lowest BCUT2D eigenvalue weighted by molar-refractivity contribution is 0.460. The maximum atomic E-state index is 12.6. The molecule has 0 N–H and O–H groups in total. The molecule has 0 spiro atoms. The summed E-state index contributed by atoms with van der Waals surface area (Å²) in [7, 11) is -2.68. The van der Waals surface area contributed by atoms with Crippen LogP contribution in [0.3, 0.4) is 0 Å². The standard InChI is InChI=1S/C14H15O2P/c1-10-6-5-9-13-14(10)11-7-3-4-8-12(11)16-17(13,2)15/h3-10,14H,1-2H3. The Kier molecular flexibility index (Phi) is 2.31. The van der Waals surface area contributed by atoms with Gasteiger partial charge in [-0.3, -0.25) is 4.57 Å². The van der Waals surface area contributed by atoms with Gasteiger partial charge in [0, 0.05) is 23.5 Å². The van der Waals surface area contributed by atoms with E-state index in [9.17, 15) is 4.57 Å². The summed E-state index contributed by atoms with van der Waals surface area (Å²) < 4.78 is 18.3. The van der Waals surface area contributed by atoms with Crippen molar-refractivity contribution in [3.63, 3.8) is 0 Å². The van der Waals surface area contributed by atoms with Crippen molar-refractivity contribution >= 4 is 7.37 Å². The van der Waals surface area contributed by atoms with Crippen molar-refractivity contribution < 1.29 is 9.09 Å². The fraction of sp³-hybridized carbons (Fsp3) is 0.286. The molecule has 0 saturated carbocycles. The van der Waals surface area contributed by atoms with Gasteiger partial charge in [0.15, 0.2) is 0 Å². The predicted octanol–water partition coefficient (Wildman–Crippen LogP) is 4.16. The van der Waals surface area contributed by atoms with Gasteiger partial charge in [-0.1, -0.05) is 43.4 Å². The molecule has 3 rings (SSSR count). The first-order chi connectivity index (χ1) is 8.09. The Bertz CT molecular complexity index is 571. The fourth-order valence-electron chi connectivity index (χ4n) is 2.71. The van der Waals surface area contributed by atoms with Gasteiger partial charge < -0.3 is 4.52 Å². The largest absolute Gasteiger partial charge is 0.440 e. The molecular weight excluding hydrogens is 231 g/mol. The van der Waals surface area contributed by atoms with Crippen molar-refractivity contribution in [2.24, 2.45) is 5.92 Å². The second kappa shape index (κ2) is 3.61. The predicted molar refractivity (Wildman–Crippen MR) is 69.7 cm³/mol.